The number of benzene rings is 3. The molecule has 5 atom stereocenters. The van der Waals surface area contributed by atoms with Gasteiger partial charge in [-0.05, 0) is 170 Å². The van der Waals surface area contributed by atoms with Crippen molar-refractivity contribution in [1.82, 2.24) is 0 Å². The number of hydrogen-bond acceptors (Lipinski definition) is 2. The SMILES string of the molecule is C1=CCC(N(c2ccc3c(c2)C2CCC=CC2N3C2=CCCC=C2)C2CCC(C3=CCCC4=C3C3CC=C(c5ccccc5)C=C3C4(C3=CCCC=C3)c3ccccc3)CC2)C=C1. The van der Waals surface area contributed by atoms with Crippen LogP contribution in [-0.2, 0) is 5.41 Å². The molecule has 1 heterocycles. The van der Waals surface area contributed by atoms with Gasteiger partial charge in [0.25, 0.3) is 0 Å². The minimum atomic E-state index is -0.221. The number of allylic oxidation sites excluding steroid dienone is 18. The van der Waals surface area contributed by atoms with Gasteiger partial charge in [-0.15, -0.1) is 0 Å². The van der Waals surface area contributed by atoms with Crippen LogP contribution in [0.1, 0.15) is 112 Å². The normalized spacial score (nSPS) is 30.4. The van der Waals surface area contributed by atoms with E-state index in [1.165, 1.54) is 77.9 Å². The van der Waals surface area contributed by atoms with E-state index in [2.05, 4.69) is 180 Å². The molecule has 2 heteroatoms. The quantitative estimate of drug-likeness (QED) is 0.209. The summed E-state index contributed by atoms with van der Waals surface area (Å²) in [6.07, 6.45) is 53.4. The molecular formula is C61H62N2. The molecule has 9 aliphatic rings. The minimum absolute atomic E-state index is 0.221. The molecule has 1 fully saturated rings. The standard InChI is InChI=1S/C61H62N2/c1-6-19-43(20-7-1)45-35-39-54-57(41-45)61(46-21-8-2-9-22-46,47-23-10-3-11-24-47)56-31-18-30-52(60(54)56)44-33-36-50(37-34-44)62(48-25-12-4-13-26-48)51-38-40-59-55(42-51)53-29-16-17-32-58(53)63(59)49-27-14-5-15-28-49/h1-2,4,6-10,12-14,17,19-25,27-28,30,32,35,38,40-42,44,48,50,53-54,58H,3,5,11,15-16,18,26,29,31,33-34,36-37,39H2. The van der Waals surface area contributed by atoms with Crippen LogP contribution in [0.3, 0.4) is 0 Å². The molecule has 0 bridgehead atoms. The van der Waals surface area contributed by atoms with E-state index in [0.717, 1.165) is 51.4 Å². The third-order valence-electron chi connectivity index (χ3n) is 16.4. The Hall–Kier alpha value is -5.60. The molecule has 1 aliphatic heterocycles. The van der Waals surface area contributed by atoms with Crippen LogP contribution in [0.2, 0.25) is 0 Å². The van der Waals surface area contributed by atoms with Crippen molar-refractivity contribution in [2.45, 2.75) is 119 Å². The van der Waals surface area contributed by atoms with Gasteiger partial charge in [-0.2, -0.15) is 0 Å². The van der Waals surface area contributed by atoms with Crippen molar-refractivity contribution >= 4 is 16.9 Å². The van der Waals surface area contributed by atoms with Gasteiger partial charge in [0.15, 0.2) is 0 Å². The first-order valence-electron chi connectivity index (χ1n) is 24.7. The third-order valence-corrected chi connectivity index (χ3v) is 16.4. The highest BCUT2D eigenvalue weighted by molar-refractivity contribution is 5.82. The Morgan fingerprint density at radius 2 is 1.48 bits per heavy atom. The number of nitrogens with zero attached hydrogens (tertiary/aromatic N) is 2. The fourth-order valence-electron chi connectivity index (χ4n) is 13.8. The largest absolute Gasteiger partial charge is 0.362 e. The number of fused-ring (bicyclic) bond motifs is 5. The first kappa shape index (κ1) is 39.0. The first-order chi connectivity index (χ1) is 31.3. The molecule has 0 aromatic heterocycles. The van der Waals surface area contributed by atoms with Gasteiger partial charge >= 0.3 is 0 Å². The maximum Gasteiger partial charge on any atom is 0.0633 e. The Labute approximate surface area is 376 Å². The van der Waals surface area contributed by atoms with E-state index in [9.17, 15) is 0 Å². The maximum absolute atomic E-state index is 2.88. The lowest BCUT2D eigenvalue weighted by atomic mass is 9.62. The summed E-state index contributed by atoms with van der Waals surface area (Å²) in [5.74, 6) is 1.56. The summed E-state index contributed by atoms with van der Waals surface area (Å²) < 4.78 is 0. The van der Waals surface area contributed by atoms with Crippen molar-refractivity contribution in [2.24, 2.45) is 11.8 Å². The van der Waals surface area contributed by atoms with Gasteiger partial charge in [0.1, 0.15) is 0 Å². The number of anilines is 2. The van der Waals surface area contributed by atoms with Crippen LogP contribution >= 0.6 is 0 Å². The molecule has 2 nitrogen and oxygen atoms in total. The summed E-state index contributed by atoms with van der Waals surface area (Å²) in [5, 5.41) is 0. The smallest absolute Gasteiger partial charge is 0.0633 e. The number of rotatable bonds is 8. The molecule has 12 rings (SSSR count). The van der Waals surface area contributed by atoms with E-state index < -0.39 is 0 Å². The summed E-state index contributed by atoms with van der Waals surface area (Å²) >= 11 is 0. The first-order valence-corrected chi connectivity index (χ1v) is 24.7. The second-order valence-electron chi connectivity index (χ2n) is 19.6. The molecule has 3 aromatic rings. The summed E-state index contributed by atoms with van der Waals surface area (Å²) in [6.45, 7) is 0. The predicted octanol–water partition coefficient (Wildman–Crippen LogP) is 15.1. The highest BCUT2D eigenvalue weighted by atomic mass is 15.2. The summed E-state index contributed by atoms with van der Waals surface area (Å²) in [7, 11) is 0. The maximum atomic E-state index is 2.88. The summed E-state index contributed by atoms with van der Waals surface area (Å²) in [6, 6.07) is 31.8. The molecular weight excluding hydrogens is 761 g/mol. The molecule has 63 heavy (non-hydrogen) atoms. The van der Waals surface area contributed by atoms with Crippen molar-refractivity contribution < 1.29 is 0 Å². The third kappa shape index (κ3) is 6.57. The zero-order valence-corrected chi connectivity index (χ0v) is 36.9. The Kier molecular flexibility index (Phi) is 10.2. The highest BCUT2D eigenvalue weighted by Crippen LogP contribution is 2.64. The molecule has 5 unspecified atom stereocenters. The summed E-state index contributed by atoms with van der Waals surface area (Å²) in [5.41, 5.74) is 18.0. The Bertz CT molecular complexity index is 2610. The highest BCUT2D eigenvalue weighted by Gasteiger charge is 2.54. The van der Waals surface area contributed by atoms with Gasteiger partial charge in [0.2, 0.25) is 0 Å². The van der Waals surface area contributed by atoms with E-state index in [0.29, 0.717) is 35.9 Å². The Balaban J connectivity index is 0.888. The Morgan fingerprint density at radius 3 is 2.25 bits per heavy atom. The molecule has 8 aliphatic carbocycles. The topological polar surface area (TPSA) is 6.48 Å². The van der Waals surface area contributed by atoms with Crippen LogP contribution < -0.4 is 9.80 Å². The average molecular weight is 823 g/mol. The molecule has 0 radical (unpaired) electrons. The molecule has 3 aromatic carbocycles. The number of hydrogen-bond donors (Lipinski definition) is 0. The molecule has 0 spiro atoms. The van der Waals surface area contributed by atoms with E-state index in [4.69, 9.17) is 0 Å². The monoisotopic (exact) mass is 822 g/mol. The van der Waals surface area contributed by atoms with Gasteiger partial charge in [-0.3, -0.25) is 0 Å². The van der Waals surface area contributed by atoms with Crippen LogP contribution in [-0.4, -0.2) is 18.1 Å². The van der Waals surface area contributed by atoms with Crippen molar-refractivity contribution in [3.05, 3.63) is 220 Å². The van der Waals surface area contributed by atoms with E-state index in [1.54, 1.807) is 27.9 Å². The van der Waals surface area contributed by atoms with E-state index >= 15 is 0 Å². The van der Waals surface area contributed by atoms with Gasteiger partial charge < -0.3 is 9.80 Å². The molecule has 0 saturated heterocycles. The van der Waals surface area contributed by atoms with Crippen molar-refractivity contribution in [3.8, 4) is 0 Å². The van der Waals surface area contributed by atoms with Gasteiger partial charge in [0.05, 0.1) is 17.5 Å². The molecule has 316 valence electrons. The van der Waals surface area contributed by atoms with Crippen LogP contribution in [0.15, 0.2) is 204 Å². The van der Waals surface area contributed by atoms with Crippen LogP contribution in [0.5, 0.6) is 0 Å². The van der Waals surface area contributed by atoms with Crippen LogP contribution in [0.4, 0.5) is 11.4 Å². The minimum Gasteiger partial charge on any atom is -0.362 e. The lowest BCUT2D eigenvalue weighted by molar-refractivity contribution is 0.338. The lowest BCUT2D eigenvalue weighted by Gasteiger charge is -2.44. The fraction of sp³-hybridized carbons (Fsp3) is 0.344. The zero-order valence-electron chi connectivity index (χ0n) is 36.9. The van der Waals surface area contributed by atoms with E-state index in [-0.39, 0.29) is 5.41 Å². The van der Waals surface area contributed by atoms with Gasteiger partial charge in [0, 0.05) is 34.9 Å². The van der Waals surface area contributed by atoms with Crippen LogP contribution in [0, 0.1) is 11.8 Å². The zero-order chi connectivity index (χ0) is 41.7. The van der Waals surface area contributed by atoms with Gasteiger partial charge in [-0.25, -0.2) is 0 Å². The van der Waals surface area contributed by atoms with Gasteiger partial charge in [-0.1, -0.05) is 146 Å². The predicted molar refractivity (Wildman–Crippen MR) is 265 cm³/mol. The second-order valence-corrected chi connectivity index (χ2v) is 19.6. The lowest BCUT2D eigenvalue weighted by Crippen LogP contribution is -2.45. The molecule has 1 saturated carbocycles. The van der Waals surface area contributed by atoms with E-state index in [1.807, 2.05) is 0 Å². The van der Waals surface area contributed by atoms with Crippen molar-refractivity contribution in [1.29, 1.82) is 0 Å². The average Bonchev–Trinajstić information content (AvgIpc) is 3.86. The van der Waals surface area contributed by atoms with Crippen molar-refractivity contribution in [2.75, 3.05) is 9.80 Å². The fourth-order valence-corrected chi connectivity index (χ4v) is 13.8. The molecule has 0 N–H and O–H groups in total. The Morgan fingerprint density at radius 1 is 0.651 bits per heavy atom. The van der Waals surface area contributed by atoms with Crippen LogP contribution in [0.25, 0.3) is 5.57 Å². The van der Waals surface area contributed by atoms with Crippen molar-refractivity contribution in [3.63, 3.8) is 0 Å². The molecule has 0 amide bonds. The summed E-state index contributed by atoms with van der Waals surface area (Å²) in [4.78, 5) is 5.54. The second kappa shape index (κ2) is 16.5.